The number of nitrogens with zero attached hydrogens (tertiary/aromatic N) is 1. The summed E-state index contributed by atoms with van der Waals surface area (Å²) in [5.41, 5.74) is 0.931. The van der Waals surface area contributed by atoms with E-state index in [-0.39, 0.29) is 29.7 Å². The van der Waals surface area contributed by atoms with Gasteiger partial charge in [-0.05, 0) is 38.3 Å². The summed E-state index contributed by atoms with van der Waals surface area (Å²) in [4.78, 5) is 25.2. The van der Waals surface area contributed by atoms with Crippen LogP contribution in [-0.4, -0.2) is 36.6 Å². The molecule has 0 aromatic heterocycles. The third-order valence-corrected chi connectivity index (χ3v) is 7.34. The fourth-order valence-corrected chi connectivity index (χ4v) is 5.52. The van der Waals surface area contributed by atoms with E-state index in [1.165, 1.54) is 31.4 Å². The minimum Gasteiger partial charge on any atom is -0.352 e. The zero-order valence-electron chi connectivity index (χ0n) is 15.8. The molecule has 1 aromatic rings. The van der Waals surface area contributed by atoms with Crippen molar-refractivity contribution >= 4 is 21.8 Å². The van der Waals surface area contributed by atoms with Crippen LogP contribution in [0.25, 0.3) is 0 Å². The molecule has 1 saturated heterocycles. The summed E-state index contributed by atoms with van der Waals surface area (Å²) in [6.45, 7) is 1.86. The van der Waals surface area contributed by atoms with Gasteiger partial charge in [-0.1, -0.05) is 49.8 Å². The highest BCUT2D eigenvalue weighted by Crippen LogP contribution is 2.28. The molecule has 3 rings (SSSR count). The Kier molecular flexibility index (Phi) is 6.19. The average Bonchev–Trinajstić information content (AvgIpc) is 3.00. The average molecular weight is 393 g/mol. The van der Waals surface area contributed by atoms with E-state index in [2.05, 4.69) is 5.32 Å². The Hall–Kier alpha value is -1.89. The fourth-order valence-electron chi connectivity index (χ4n) is 3.92. The minimum absolute atomic E-state index is 0.0482. The van der Waals surface area contributed by atoms with Crippen LogP contribution in [0.4, 0.5) is 0 Å². The van der Waals surface area contributed by atoms with Gasteiger partial charge in [0.2, 0.25) is 11.8 Å². The van der Waals surface area contributed by atoms with Gasteiger partial charge < -0.3 is 5.32 Å². The molecule has 6 nitrogen and oxygen atoms in total. The molecule has 2 aliphatic rings. The lowest BCUT2D eigenvalue weighted by Gasteiger charge is -2.27. The summed E-state index contributed by atoms with van der Waals surface area (Å²) < 4.78 is 26.8. The molecule has 2 fully saturated rings. The van der Waals surface area contributed by atoms with E-state index in [9.17, 15) is 18.0 Å². The standard InChI is InChI=1S/C20H28N2O4S/c1-15-9-11-17(12-10-15)27(25,26)22-18(13-14-19(22)23)20(24)21-16-7-5-3-2-4-6-8-16/h9-12,16,18H,2-8,13-14H2,1H3,(H,21,24). The van der Waals surface area contributed by atoms with Crippen LogP contribution in [0.2, 0.25) is 0 Å². The molecule has 0 bridgehead atoms. The Bertz CT molecular complexity index is 781. The predicted octanol–water partition coefficient (Wildman–Crippen LogP) is 2.90. The van der Waals surface area contributed by atoms with Gasteiger partial charge in [0.05, 0.1) is 4.90 Å². The van der Waals surface area contributed by atoms with Crippen molar-refractivity contribution in [2.45, 2.75) is 81.7 Å². The van der Waals surface area contributed by atoms with Crippen LogP contribution in [-0.2, 0) is 19.6 Å². The van der Waals surface area contributed by atoms with Crippen LogP contribution in [0.5, 0.6) is 0 Å². The van der Waals surface area contributed by atoms with Crippen LogP contribution < -0.4 is 5.32 Å². The van der Waals surface area contributed by atoms with Crippen molar-refractivity contribution in [3.8, 4) is 0 Å². The zero-order chi connectivity index (χ0) is 19.4. The first kappa shape index (κ1) is 19.9. The molecule has 1 unspecified atom stereocenters. The summed E-state index contributed by atoms with van der Waals surface area (Å²) in [7, 11) is -4.03. The second-order valence-corrected chi connectivity index (χ2v) is 9.43. The van der Waals surface area contributed by atoms with Gasteiger partial charge in [-0.2, -0.15) is 0 Å². The minimum atomic E-state index is -4.03. The van der Waals surface area contributed by atoms with Crippen molar-refractivity contribution in [1.29, 1.82) is 0 Å². The molecule has 1 heterocycles. The van der Waals surface area contributed by atoms with Gasteiger partial charge in [0, 0.05) is 12.5 Å². The van der Waals surface area contributed by atoms with E-state index in [1.807, 2.05) is 6.92 Å². The molecule has 1 aliphatic heterocycles. The lowest BCUT2D eigenvalue weighted by atomic mass is 9.96. The van der Waals surface area contributed by atoms with E-state index in [0.29, 0.717) is 0 Å². The Morgan fingerprint density at radius 3 is 2.22 bits per heavy atom. The van der Waals surface area contributed by atoms with E-state index in [4.69, 9.17) is 0 Å². The molecule has 1 N–H and O–H groups in total. The number of hydrogen-bond donors (Lipinski definition) is 1. The van der Waals surface area contributed by atoms with Crippen molar-refractivity contribution < 1.29 is 18.0 Å². The summed E-state index contributed by atoms with van der Waals surface area (Å²) in [5, 5.41) is 3.01. The third-order valence-electron chi connectivity index (χ3n) is 5.49. The van der Waals surface area contributed by atoms with Gasteiger partial charge >= 0.3 is 0 Å². The molecular weight excluding hydrogens is 364 g/mol. The lowest BCUT2D eigenvalue weighted by Crippen LogP contribution is -2.50. The molecule has 27 heavy (non-hydrogen) atoms. The molecule has 1 aromatic carbocycles. The predicted molar refractivity (Wildman–Crippen MR) is 102 cm³/mol. The molecule has 1 saturated carbocycles. The quantitative estimate of drug-likeness (QED) is 0.854. The van der Waals surface area contributed by atoms with Gasteiger partial charge in [-0.25, -0.2) is 12.7 Å². The number of nitrogens with one attached hydrogen (secondary N) is 1. The number of hydrogen-bond acceptors (Lipinski definition) is 4. The monoisotopic (exact) mass is 392 g/mol. The normalized spacial score (nSPS) is 22.3. The number of carbonyl (C=O) groups excluding carboxylic acids is 2. The third kappa shape index (κ3) is 4.51. The zero-order valence-corrected chi connectivity index (χ0v) is 16.6. The SMILES string of the molecule is Cc1ccc(S(=O)(=O)N2C(=O)CCC2C(=O)NC2CCCCCCC2)cc1. The molecule has 0 spiro atoms. The number of rotatable bonds is 4. The van der Waals surface area contributed by atoms with Crippen molar-refractivity contribution in [2.75, 3.05) is 0 Å². The Morgan fingerprint density at radius 2 is 1.59 bits per heavy atom. The highest BCUT2D eigenvalue weighted by molar-refractivity contribution is 7.89. The Labute approximate surface area is 161 Å². The summed E-state index contributed by atoms with van der Waals surface area (Å²) in [6, 6.07) is 5.47. The summed E-state index contributed by atoms with van der Waals surface area (Å²) >= 11 is 0. The second-order valence-electron chi connectivity index (χ2n) is 7.61. The van der Waals surface area contributed by atoms with E-state index in [1.54, 1.807) is 12.1 Å². The number of aryl methyl sites for hydroxylation is 1. The lowest BCUT2D eigenvalue weighted by molar-refractivity contribution is -0.131. The molecule has 1 atom stereocenters. The van der Waals surface area contributed by atoms with Crippen molar-refractivity contribution in [2.24, 2.45) is 0 Å². The van der Waals surface area contributed by atoms with Crippen LogP contribution in [0.15, 0.2) is 29.2 Å². The number of sulfonamides is 1. The Balaban J connectivity index is 1.76. The number of carbonyl (C=O) groups is 2. The maximum Gasteiger partial charge on any atom is 0.267 e. The molecule has 7 heteroatoms. The largest absolute Gasteiger partial charge is 0.352 e. The van der Waals surface area contributed by atoms with E-state index >= 15 is 0 Å². The molecule has 148 valence electrons. The second kappa shape index (κ2) is 8.42. The van der Waals surface area contributed by atoms with Crippen LogP contribution >= 0.6 is 0 Å². The van der Waals surface area contributed by atoms with Gasteiger partial charge in [0.1, 0.15) is 6.04 Å². The van der Waals surface area contributed by atoms with E-state index < -0.39 is 22.0 Å². The van der Waals surface area contributed by atoms with Crippen LogP contribution in [0.1, 0.15) is 63.4 Å². The maximum atomic E-state index is 13.0. The van der Waals surface area contributed by atoms with Crippen LogP contribution in [0.3, 0.4) is 0 Å². The van der Waals surface area contributed by atoms with Crippen LogP contribution in [0, 0.1) is 6.92 Å². The van der Waals surface area contributed by atoms with Crippen molar-refractivity contribution in [1.82, 2.24) is 9.62 Å². The molecule has 0 radical (unpaired) electrons. The Morgan fingerprint density at radius 1 is 1.00 bits per heavy atom. The van der Waals surface area contributed by atoms with Gasteiger partial charge in [-0.3, -0.25) is 9.59 Å². The first-order valence-corrected chi connectivity index (χ1v) is 11.3. The number of benzene rings is 1. The summed E-state index contributed by atoms with van der Waals surface area (Å²) in [6.07, 6.45) is 7.86. The van der Waals surface area contributed by atoms with Crippen molar-refractivity contribution in [3.63, 3.8) is 0 Å². The first-order chi connectivity index (χ1) is 12.9. The number of amides is 2. The van der Waals surface area contributed by atoms with Gasteiger partial charge in [-0.15, -0.1) is 0 Å². The van der Waals surface area contributed by atoms with Crippen molar-refractivity contribution in [3.05, 3.63) is 29.8 Å². The topological polar surface area (TPSA) is 83.6 Å². The fraction of sp³-hybridized carbons (Fsp3) is 0.600. The maximum absolute atomic E-state index is 13.0. The van der Waals surface area contributed by atoms with Gasteiger partial charge in [0.15, 0.2) is 0 Å². The highest BCUT2D eigenvalue weighted by atomic mass is 32.2. The smallest absolute Gasteiger partial charge is 0.267 e. The highest BCUT2D eigenvalue weighted by Gasteiger charge is 2.44. The summed E-state index contributed by atoms with van der Waals surface area (Å²) in [5.74, 6) is -0.851. The molecular formula is C20H28N2O4S. The first-order valence-electron chi connectivity index (χ1n) is 9.84. The molecule has 1 aliphatic carbocycles. The van der Waals surface area contributed by atoms with Gasteiger partial charge in [0.25, 0.3) is 10.0 Å². The van der Waals surface area contributed by atoms with E-state index in [0.717, 1.165) is 35.6 Å². The molecule has 2 amide bonds.